The first-order valence-corrected chi connectivity index (χ1v) is 7.68. The maximum Gasteiger partial charge on any atom is 0.255 e. The first-order valence-electron chi connectivity index (χ1n) is 7.68. The number of hydrogen-bond donors (Lipinski definition) is 2. The molecule has 3 rings (SSSR count). The molecule has 0 aliphatic heterocycles. The molecule has 2 N–H and O–H groups in total. The van der Waals surface area contributed by atoms with Crippen LogP contribution in [0.25, 0.3) is 10.9 Å². The van der Waals surface area contributed by atoms with Gasteiger partial charge in [0.25, 0.3) is 5.91 Å². The maximum absolute atomic E-state index is 12.9. The summed E-state index contributed by atoms with van der Waals surface area (Å²) in [6.45, 7) is 4.05. The molecule has 122 valence electrons. The normalized spacial score (nSPS) is 11.0. The third-order valence-corrected chi connectivity index (χ3v) is 3.86. The van der Waals surface area contributed by atoms with E-state index in [0.29, 0.717) is 16.8 Å². The number of aromatic amines is 1. The predicted octanol–water partition coefficient (Wildman–Crippen LogP) is 4.04. The number of fused-ring (bicyclic) bond motifs is 1. The Balaban J connectivity index is 1.95. The molecule has 1 amide bonds. The van der Waals surface area contributed by atoms with Crippen LogP contribution in [-0.2, 0) is 0 Å². The van der Waals surface area contributed by atoms with Gasteiger partial charge < -0.3 is 10.3 Å². The Morgan fingerprint density at radius 1 is 1.08 bits per heavy atom. The second-order valence-electron chi connectivity index (χ2n) is 5.97. The number of aromatic nitrogens is 1. The zero-order valence-corrected chi connectivity index (χ0v) is 13.4. The van der Waals surface area contributed by atoms with Crippen molar-refractivity contribution in [1.82, 2.24) is 4.98 Å². The topological polar surface area (TPSA) is 62.0 Å². The van der Waals surface area contributed by atoms with Crippen LogP contribution >= 0.6 is 0 Å². The van der Waals surface area contributed by atoms with Crippen LogP contribution in [0.1, 0.15) is 35.7 Å². The van der Waals surface area contributed by atoms with Crippen LogP contribution in [0.15, 0.2) is 53.3 Å². The molecule has 0 bridgehead atoms. The molecule has 5 heteroatoms. The molecule has 3 aromatic rings. The minimum atomic E-state index is -0.393. The van der Waals surface area contributed by atoms with Crippen LogP contribution in [-0.4, -0.2) is 10.9 Å². The Kier molecular flexibility index (Phi) is 4.16. The number of carbonyl (C=O) groups excluding carboxylic acids is 1. The van der Waals surface area contributed by atoms with Crippen molar-refractivity contribution >= 4 is 22.5 Å². The molecule has 4 nitrogen and oxygen atoms in total. The van der Waals surface area contributed by atoms with E-state index in [1.165, 1.54) is 24.3 Å². The van der Waals surface area contributed by atoms with E-state index in [2.05, 4.69) is 10.3 Å². The van der Waals surface area contributed by atoms with Crippen molar-refractivity contribution in [2.45, 2.75) is 19.8 Å². The molecule has 24 heavy (non-hydrogen) atoms. The van der Waals surface area contributed by atoms with Gasteiger partial charge in [0, 0.05) is 22.7 Å². The minimum absolute atomic E-state index is 0.173. The van der Waals surface area contributed by atoms with Crippen LogP contribution < -0.4 is 10.9 Å². The number of amides is 1. The van der Waals surface area contributed by atoms with E-state index >= 15 is 0 Å². The van der Waals surface area contributed by atoms with Gasteiger partial charge in [0.15, 0.2) is 0 Å². The summed E-state index contributed by atoms with van der Waals surface area (Å²) < 4.78 is 12.9. The highest BCUT2D eigenvalue weighted by Gasteiger charge is 2.10. The van der Waals surface area contributed by atoms with Crippen molar-refractivity contribution in [3.8, 4) is 0 Å². The van der Waals surface area contributed by atoms with Crippen molar-refractivity contribution in [3.63, 3.8) is 0 Å². The van der Waals surface area contributed by atoms with E-state index in [1.807, 2.05) is 19.9 Å². The molecule has 2 aromatic carbocycles. The summed E-state index contributed by atoms with van der Waals surface area (Å²) in [7, 11) is 0. The largest absolute Gasteiger partial charge is 0.322 e. The van der Waals surface area contributed by atoms with E-state index in [9.17, 15) is 14.0 Å². The second-order valence-corrected chi connectivity index (χ2v) is 5.97. The molecule has 1 aromatic heterocycles. The summed E-state index contributed by atoms with van der Waals surface area (Å²) in [4.78, 5) is 26.8. The van der Waals surface area contributed by atoms with E-state index < -0.39 is 5.82 Å². The molecule has 0 unspecified atom stereocenters. The predicted molar refractivity (Wildman–Crippen MR) is 93.0 cm³/mol. The number of rotatable bonds is 3. The standard InChI is InChI=1S/C19H17FN2O2/c1-11(2)16-10-18(23)22-17-9-14(7-8-15(16)17)21-19(24)12-3-5-13(20)6-4-12/h3-11H,1-2H3,(H,21,24)(H,22,23). The number of carbonyl (C=O) groups is 1. The number of benzene rings is 2. The number of H-pyrrole nitrogens is 1. The van der Waals surface area contributed by atoms with Crippen molar-refractivity contribution in [3.05, 3.63) is 75.8 Å². The van der Waals surface area contributed by atoms with Crippen molar-refractivity contribution < 1.29 is 9.18 Å². The Morgan fingerprint density at radius 3 is 2.46 bits per heavy atom. The maximum atomic E-state index is 12.9. The molecule has 0 fully saturated rings. The zero-order chi connectivity index (χ0) is 17.3. The fourth-order valence-electron chi connectivity index (χ4n) is 2.65. The number of anilines is 1. The van der Waals surface area contributed by atoms with Crippen molar-refractivity contribution in [1.29, 1.82) is 0 Å². The van der Waals surface area contributed by atoms with Crippen LogP contribution in [0.3, 0.4) is 0 Å². The summed E-state index contributed by atoms with van der Waals surface area (Å²) in [5, 5.41) is 3.70. The highest BCUT2D eigenvalue weighted by atomic mass is 19.1. The molecule has 0 saturated carbocycles. The smallest absolute Gasteiger partial charge is 0.255 e. The van der Waals surface area contributed by atoms with Gasteiger partial charge in [-0.05, 0) is 47.9 Å². The summed E-state index contributed by atoms with van der Waals surface area (Å²) in [5.41, 5.74) is 2.38. The van der Waals surface area contributed by atoms with E-state index in [0.717, 1.165) is 10.9 Å². The molecule has 0 aliphatic carbocycles. The Bertz CT molecular complexity index is 959. The minimum Gasteiger partial charge on any atom is -0.322 e. The van der Waals surface area contributed by atoms with E-state index in [4.69, 9.17) is 0 Å². The first kappa shape index (κ1) is 15.9. The number of pyridine rings is 1. The summed E-state index contributed by atoms with van der Waals surface area (Å²) in [5.74, 6) is -0.512. The lowest BCUT2D eigenvalue weighted by molar-refractivity contribution is 0.102. The molecular formula is C19H17FN2O2. The van der Waals surface area contributed by atoms with Gasteiger partial charge in [-0.2, -0.15) is 0 Å². The molecule has 0 spiro atoms. The van der Waals surface area contributed by atoms with Gasteiger partial charge in [0.2, 0.25) is 5.56 Å². The molecule has 1 heterocycles. The number of halogens is 1. The van der Waals surface area contributed by atoms with Crippen LogP contribution in [0.5, 0.6) is 0 Å². The van der Waals surface area contributed by atoms with Crippen LogP contribution in [0, 0.1) is 5.82 Å². The Hall–Kier alpha value is -2.95. The van der Waals surface area contributed by atoms with Gasteiger partial charge in [0.05, 0.1) is 5.52 Å². The third-order valence-electron chi connectivity index (χ3n) is 3.86. The number of nitrogens with one attached hydrogen (secondary N) is 2. The van der Waals surface area contributed by atoms with Gasteiger partial charge in [0.1, 0.15) is 5.82 Å². The third kappa shape index (κ3) is 3.20. The number of hydrogen-bond acceptors (Lipinski definition) is 2. The average Bonchev–Trinajstić information content (AvgIpc) is 2.54. The molecule has 0 aliphatic rings. The molecule has 0 saturated heterocycles. The first-order chi connectivity index (χ1) is 11.4. The fraction of sp³-hybridized carbons (Fsp3) is 0.158. The van der Waals surface area contributed by atoms with Gasteiger partial charge >= 0.3 is 0 Å². The lowest BCUT2D eigenvalue weighted by Crippen LogP contribution is -2.12. The highest BCUT2D eigenvalue weighted by Crippen LogP contribution is 2.25. The Morgan fingerprint density at radius 2 is 1.79 bits per heavy atom. The second kappa shape index (κ2) is 6.28. The monoisotopic (exact) mass is 324 g/mol. The lowest BCUT2D eigenvalue weighted by atomic mass is 9.99. The summed E-state index contributed by atoms with van der Waals surface area (Å²) in [6, 6.07) is 12.3. The highest BCUT2D eigenvalue weighted by molar-refractivity contribution is 6.05. The van der Waals surface area contributed by atoms with Gasteiger partial charge in [-0.25, -0.2) is 4.39 Å². The SMILES string of the molecule is CC(C)c1cc(=O)[nH]c2cc(NC(=O)c3ccc(F)cc3)ccc12. The molecular weight excluding hydrogens is 307 g/mol. The van der Waals surface area contributed by atoms with E-state index in [1.54, 1.807) is 18.2 Å². The van der Waals surface area contributed by atoms with Crippen molar-refractivity contribution in [2.24, 2.45) is 0 Å². The average molecular weight is 324 g/mol. The zero-order valence-electron chi connectivity index (χ0n) is 13.4. The van der Waals surface area contributed by atoms with Crippen molar-refractivity contribution in [2.75, 3.05) is 5.32 Å². The molecule has 0 atom stereocenters. The Labute approximate surface area is 138 Å². The van der Waals surface area contributed by atoms with Gasteiger partial charge in [-0.15, -0.1) is 0 Å². The van der Waals surface area contributed by atoms with Gasteiger partial charge in [-0.1, -0.05) is 19.9 Å². The van der Waals surface area contributed by atoms with E-state index in [-0.39, 0.29) is 17.4 Å². The quantitative estimate of drug-likeness (QED) is 0.763. The van der Waals surface area contributed by atoms with Gasteiger partial charge in [-0.3, -0.25) is 9.59 Å². The lowest BCUT2D eigenvalue weighted by Gasteiger charge is -2.11. The van der Waals surface area contributed by atoms with Crippen LogP contribution in [0.4, 0.5) is 10.1 Å². The summed E-state index contributed by atoms with van der Waals surface area (Å²) in [6.07, 6.45) is 0. The van der Waals surface area contributed by atoms with Crippen LogP contribution in [0.2, 0.25) is 0 Å². The molecule has 0 radical (unpaired) electrons. The summed E-state index contributed by atoms with van der Waals surface area (Å²) >= 11 is 0. The fourth-order valence-corrected chi connectivity index (χ4v) is 2.65.